The van der Waals surface area contributed by atoms with Crippen molar-refractivity contribution >= 4 is 11.7 Å². The summed E-state index contributed by atoms with van der Waals surface area (Å²) >= 11 is 0. The summed E-state index contributed by atoms with van der Waals surface area (Å²) < 4.78 is 35.1. The van der Waals surface area contributed by atoms with Crippen LogP contribution in [-0.2, 0) is 10.2 Å². The molecule has 7 heteroatoms. The Morgan fingerprint density at radius 1 is 1.12 bits per heavy atom. The number of carbonyl (C=O) groups is 1. The van der Waals surface area contributed by atoms with E-state index in [1.54, 1.807) is 26.0 Å². The molecular formula is C18H18F2N2O3. The van der Waals surface area contributed by atoms with Gasteiger partial charge in [-0.15, -0.1) is 8.78 Å². The number of amides is 1. The van der Waals surface area contributed by atoms with Gasteiger partial charge in [0.1, 0.15) is 5.82 Å². The number of anilines is 1. The molecular weight excluding hydrogens is 330 g/mol. The number of aryl methyl sites for hydroxylation is 2. The number of hydrogen-bond donors (Lipinski definition) is 1. The highest BCUT2D eigenvalue weighted by Crippen LogP contribution is 2.43. The van der Waals surface area contributed by atoms with Gasteiger partial charge in [-0.25, -0.2) is 4.98 Å². The average Bonchev–Trinajstić information content (AvgIpc) is 2.83. The van der Waals surface area contributed by atoms with Crippen LogP contribution >= 0.6 is 0 Å². The quantitative estimate of drug-likeness (QED) is 0.913. The van der Waals surface area contributed by atoms with Crippen molar-refractivity contribution in [3.05, 3.63) is 47.2 Å². The summed E-state index contributed by atoms with van der Waals surface area (Å²) in [6.07, 6.45) is -3.68. The molecule has 1 N–H and O–H groups in total. The molecule has 1 aliphatic rings. The molecule has 0 unspecified atom stereocenters. The molecule has 25 heavy (non-hydrogen) atoms. The number of nitrogens with zero attached hydrogens (tertiary/aromatic N) is 1. The molecule has 0 saturated heterocycles. The van der Waals surface area contributed by atoms with Gasteiger partial charge in [-0.3, -0.25) is 4.79 Å². The predicted octanol–water partition coefficient (Wildman–Crippen LogP) is 3.94. The standard InChI is InChI=1S/C18H18F2N2O3/c1-10-5-8-15(21-11(10)2)22-16(23)17(3,4)12-6-7-13-14(9-12)25-18(19,20)24-13/h5-9H,1-4H3,(H,21,22,23). The van der Waals surface area contributed by atoms with Crippen LogP contribution < -0.4 is 14.8 Å². The number of aromatic nitrogens is 1. The lowest BCUT2D eigenvalue weighted by molar-refractivity contribution is -0.286. The first-order chi connectivity index (χ1) is 11.6. The highest BCUT2D eigenvalue weighted by Gasteiger charge is 2.44. The third kappa shape index (κ3) is 3.26. The van der Waals surface area contributed by atoms with E-state index in [4.69, 9.17) is 0 Å². The largest absolute Gasteiger partial charge is 0.586 e. The van der Waals surface area contributed by atoms with Crippen molar-refractivity contribution in [3.63, 3.8) is 0 Å². The lowest BCUT2D eigenvalue weighted by atomic mass is 9.83. The van der Waals surface area contributed by atoms with Crippen LogP contribution in [-0.4, -0.2) is 17.2 Å². The zero-order chi connectivity index (χ0) is 18.4. The second-order valence-electron chi connectivity index (χ2n) is 6.51. The molecule has 2 aromatic rings. The number of fused-ring (bicyclic) bond motifs is 1. The smallest absolute Gasteiger partial charge is 0.395 e. The van der Waals surface area contributed by atoms with Gasteiger partial charge in [-0.2, -0.15) is 0 Å². The molecule has 0 aliphatic carbocycles. The zero-order valence-corrected chi connectivity index (χ0v) is 14.3. The lowest BCUT2D eigenvalue weighted by Gasteiger charge is -2.24. The minimum absolute atomic E-state index is 0.0548. The first-order valence-electron chi connectivity index (χ1n) is 7.74. The highest BCUT2D eigenvalue weighted by molar-refractivity contribution is 5.98. The topological polar surface area (TPSA) is 60.5 Å². The summed E-state index contributed by atoms with van der Waals surface area (Å²) in [6.45, 7) is 7.17. The number of carbonyl (C=O) groups excluding carboxylic acids is 1. The fourth-order valence-electron chi connectivity index (χ4n) is 2.44. The first kappa shape index (κ1) is 17.1. The first-order valence-corrected chi connectivity index (χ1v) is 7.74. The monoisotopic (exact) mass is 348 g/mol. The molecule has 1 aromatic heterocycles. The Morgan fingerprint density at radius 3 is 2.48 bits per heavy atom. The van der Waals surface area contributed by atoms with Crippen molar-refractivity contribution in [2.24, 2.45) is 0 Å². The van der Waals surface area contributed by atoms with E-state index in [9.17, 15) is 13.6 Å². The summed E-state index contributed by atoms with van der Waals surface area (Å²) in [4.78, 5) is 17.0. The van der Waals surface area contributed by atoms with Gasteiger partial charge in [0, 0.05) is 5.69 Å². The molecule has 0 bridgehead atoms. The maximum absolute atomic E-state index is 13.1. The molecule has 132 valence electrons. The molecule has 0 atom stereocenters. The van der Waals surface area contributed by atoms with E-state index in [-0.39, 0.29) is 17.4 Å². The van der Waals surface area contributed by atoms with Gasteiger partial charge in [0.25, 0.3) is 0 Å². The Labute approximate surface area is 144 Å². The van der Waals surface area contributed by atoms with E-state index in [1.807, 2.05) is 19.9 Å². The predicted molar refractivity (Wildman–Crippen MR) is 88.0 cm³/mol. The fourth-order valence-corrected chi connectivity index (χ4v) is 2.44. The van der Waals surface area contributed by atoms with Crippen molar-refractivity contribution in [3.8, 4) is 11.5 Å². The number of alkyl halides is 2. The molecule has 3 rings (SSSR count). The summed E-state index contributed by atoms with van der Waals surface area (Å²) in [5, 5.41) is 2.76. The molecule has 5 nitrogen and oxygen atoms in total. The zero-order valence-electron chi connectivity index (χ0n) is 14.3. The number of pyridine rings is 1. The van der Waals surface area contributed by atoms with Gasteiger partial charge in [0.05, 0.1) is 5.41 Å². The maximum atomic E-state index is 13.1. The van der Waals surface area contributed by atoms with Crippen molar-refractivity contribution in [2.75, 3.05) is 5.32 Å². The SMILES string of the molecule is Cc1ccc(NC(=O)C(C)(C)c2ccc3c(c2)OC(F)(F)O3)nc1C. The van der Waals surface area contributed by atoms with E-state index < -0.39 is 11.7 Å². The van der Waals surface area contributed by atoms with E-state index in [2.05, 4.69) is 19.8 Å². The van der Waals surface area contributed by atoms with Crippen molar-refractivity contribution in [2.45, 2.75) is 39.4 Å². The summed E-state index contributed by atoms with van der Waals surface area (Å²) in [6, 6.07) is 7.92. The van der Waals surface area contributed by atoms with Gasteiger partial charge >= 0.3 is 6.29 Å². The van der Waals surface area contributed by atoms with Crippen LogP contribution in [0.5, 0.6) is 11.5 Å². The van der Waals surface area contributed by atoms with Crippen LogP contribution in [0.1, 0.15) is 30.7 Å². The second-order valence-corrected chi connectivity index (χ2v) is 6.51. The number of benzene rings is 1. The van der Waals surface area contributed by atoms with Crippen molar-refractivity contribution in [1.29, 1.82) is 0 Å². The van der Waals surface area contributed by atoms with E-state index >= 15 is 0 Å². The maximum Gasteiger partial charge on any atom is 0.586 e. The van der Waals surface area contributed by atoms with E-state index in [0.29, 0.717) is 11.4 Å². The van der Waals surface area contributed by atoms with Gasteiger partial charge in [-0.05, 0) is 57.0 Å². The molecule has 2 heterocycles. The Kier molecular flexibility index (Phi) is 3.89. The number of hydrogen-bond acceptors (Lipinski definition) is 4. The molecule has 0 fully saturated rings. The number of nitrogens with one attached hydrogen (secondary N) is 1. The summed E-state index contributed by atoms with van der Waals surface area (Å²) in [5.74, 6) is -0.0178. The molecule has 0 saturated carbocycles. The van der Waals surface area contributed by atoms with Gasteiger partial charge in [0.15, 0.2) is 11.5 Å². The molecule has 1 aliphatic heterocycles. The van der Waals surface area contributed by atoms with Crippen LogP contribution in [0.15, 0.2) is 30.3 Å². The summed E-state index contributed by atoms with van der Waals surface area (Å²) in [7, 11) is 0. The van der Waals surface area contributed by atoms with Crippen LogP contribution in [0.2, 0.25) is 0 Å². The van der Waals surface area contributed by atoms with E-state index in [1.165, 1.54) is 12.1 Å². The molecule has 1 amide bonds. The van der Waals surface area contributed by atoms with Gasteiger partial charge in [0.2, 0.25) is 5.91 Å². The Bertz CT molecular complexity index is 850. The normalized spacial score (nSPS) is 15.1. The van der Waals surface area contributed by atoms with Crippen LogP contribution in [0.4, 0.5) is 14.6 Å². The lowest BCUT2D eigenvalue weighted by Crippen LogP contribution is -2.35. The van der Waals surface area contributed by atoms with E-state index in [0.717, 1.165) is 11.3 Å². The van der Waals surface area contributed by atoms with Gasteiger partial charge in [-0.1, -0.05) is 12.1 Å². The van der Waals surface area contributed by atoms with Gasteiger partial charge < -0.3 is 14.8 Å². The number of rotatable bonds is 3. The number of ether oxygens (including phenoxy) is 2. The second kappa shape index (κ2) is 5.68. The van der Waals surface area contributed by atoms with Crippen molar-refractivity contribution in [1.82, 2.24) is 4.98 Å². The summed E-state index contributed by atoms with van der Waals surface area (Å²) in [5.41, 5.74) is 1.38. The third-order valence-corrected chi connectivity index (χ3v) is 4.28. The van der Waals surface area contributed by atoms with Crippen molar-refractivity contribution < 1.29 is 23.0 Å². The minimum atomic E-state index is -3.68. The Morgan fingerprint density at radius 2 is 1.80 bits per heavy atom. The van der Waals surface area contributed by atoms with Crippen LogP contribution in [0.3, 0.4) is 0 Å². The Balaban J connectivity index is 1.84. The van der Waals surface area contributed by atoms with Crippen LogP contribution in [0.25, 0.3) is 0 Å². The highest BCUT2D eigenvalue weighted by atomic mass is 19.3. The minimum Gasteiger partial charge on any atom is -0.395 e. The average molecular weight is 348 g/mol. The molecule has 1 aromatic carbocycles. The molecule has 0 spiro atoms. The number of halogens is 2. The van der Waals surface area contributed by atoms with Crippen LogP contribution in [0, 0.1) is 13.8 Å². The Hall–Kier alpha value is -2.70. The third-order valence-electron chi connectivity index (χ3n) is 4.28. The fraction of sp³-hybridized carbons (Fsp3) is 0.333. The molecule has 0 radical (unpaired) electrons.